The molecule has 3 aromatic rings. The first-order valence-electron chi connectivity index (χ1n) is 9.81. The van der Waals surface area contributed by atoms with Crippen LogP contribution in [0.25, 0.3) is 0 Å². The van der Waals surface area contributed by atoms with Crippen molar-refractivity contribution in [2.45, 2.75) is 18.6 Å². The number of aromatic nitrogens is 1. The van der Waals surface area contributed by atoms with Crippen LogP contribution in [-0.4, -0.2) is 41.8 Å². The van der Waals surface area contributed by atoms with Crippen molar-refractivity contribution in [3.8, 4) is 0 Å². The van der Waals surface area contributed by atoms with Crippen molar-refractivity contribution < 1.29 is 22.8 Å². The number of carbonyl (C=O) groups is 2. The minimum absolute atomic E-state index is 0.158. The molecule has 33 heavy (non-hydrogen) atoms. The van der Waals surface area contributed by atoms with Crippen molar-refractivity contribution in [2.75, 3.05) is 18.9 Å². The molecule has 2 aromatic carbocycles. The minimum atomic E-state index is -4.64. The van der Waals surface area contributed by atoms with Gasteiger partial charge in [-0.15, -0.1) is 0 Å². The number of hydrogen-bond donors (Lipinski definition) is 2. The number of aromatic amines is 1. The van der Waals surface area contributed by atoms with Crippen molar-refractivity contribution >= 4 is 41.1 Å². The van der Waals surface area contributed by atoms with Crippen molar-refractivity contribution in [3.05, 3.63) is 87.2 Å². The molecule has 1 aliphatic heterocycles. The molecule has 1 unspecified atom stereocenters. The normalized spacial score (nSPS) is 15.8. The number of fused-ring (bicyclic) bond motifs is 1. The molecule has 4 rings (SSSR count). The van der Waals surface area contributed by atoms with Crippen LogP contribution >= 0.6 is 23.2 Å². The van der Waals surface area contributed by atoms with E-state index in [1.165, 1.54) is 11.1 Å². The summed E-state index contributed by atoms with van der Waals surface area (Å²) in [5.41, 5.74) is 4.76. The number of anilines is 1. The molecule has 2 N–H and O–H groups in total. The Bertz CT molecular complexity index is 1120. The number of rotatable bonds is 3. The van der Waals surface area contributed by atoms with Gasteiger partial charge in [0.1, 0.15) is 5.69 Å². The highest BCUT2D eigenvalue weighted by Gasteiger charge is 2.27. The first-order chi connectivity index (χ1) is 15.6. The van der Waals surface area contributed by atoms with E-state index in [-0.39, 0.29) is 11.8 Å². The van der Waals surface area contributed by atoms with Crippen LogP contribution in [0.1, 0.15) is 33.1 Å². The highest BCUT2D eigenvalue weighted by Crippen LogP contribution is 2.38. The molecule has 174 valence electrons. The van der Waals surface area contributed by atoms with Crippen molar-refractivity contribution in [1.29, 1.82) is 0 Å². The van der Waals surface area contributed by atoms with E-state index in [9.17, 15) is 18.0 Å². The summed E-state index contributed by atoms with van der Waals surface area (Å²) in [6.45, 7) is 1.70. The average molecular weight is 498 g/mol. The minimum Gasteiger partial charge on any atom is -0.357 e. The maximum absolute atomic E-state index is 12.2. The summed E-state index contributed by atoms with van der Waals surface area (Å²) in [5.74, 6) is 0.0252. The monoisotopic (exact) mass is 497 g/mol. The average Bonchev–Trinajstić information content (AvgIpc) is 3.30. The summed E-state index contributed by atoms with van der Waals surface area (Å²) in [7, 11) is 2.09. The molecule has 0 spiro atoms. The molecule has 0 saturated heterocycles. The molecule has 1 atom stereocenters. The Balaban J connectivity index is 0.000000454. The molecule has 0 saturated carbocycles. The number of hydrogen-bond acceptors (Lipinski definition) is 3. The van der Waals surface area contributed by atoms with E-state index >= 15 is 0 Å². The number of aldehydes is 1. The van der Waals surface area contributed by atoms with Crippen LogP contribution in [0, 0.1) is 0 Å². The lowest BCUT2D eigenvalue weighted by Crippen LogP contribution is -2.31. The van der Waals surface area contributed by atoms with Crippen LogP contribution in [0.5, 0.6) is 0 Å². The van der Waals surface area contributed by atoms with Gasteiger partial charge in [-0.1, -0.05) is 35.3 Å². The van der Waals surface area contributed by atoms with Gasteiger partial charge in [-0.2, -0.15) is 13.2 Å². The fraction of sp³-hybridized carbons (Fsp3) is 0.217. The topological polar surface area (TPSA) is 65.2 Å². The molecule has 5 nitrogen and oxygen atoms in total. The molecule has 1 amide bonds. The number of nitrogens with one attached hydrogen (secondary N) is 2. The van der Waals surface area contributed by atoms with Crippen LogP contribution in [0.3, 0.4) is 0 Å². The lowest BCUT2D eigenvalue weighted by molar-refractivity contribution is -0.156. The third kappa shape index (κ3) is 6.60. The second-order valence-electron chi connectivity index (χ2n) is 7.52. The van der Waals surface area contributed by atoms with E-state index in [0.717, 1.165) is 24.3 Å². The summed E-state index contributed by atoms with van der Waals surface area (Å²) in [4.78, 5) is 26.0. The fourth-order valence-electron chi connectivity index (χ4n) is 3.60. The van der Waals surface area contributed by atoms with E-state index in [4.69, 9.17) is 28.0 Å². The number of carbonyl (C=O) groups excluding carboxylic acids is 2. The lowest BCUT2D eigenvalue weighted by atomic mass is 9.84. The molecule has 10 heteroatoms. The predicted octanol–water partition coefficient (Wildman–Crippen LogP) is 5.90. The van der Waals surface area contributed by atoms with E-state index < -0.39 is 12.5 Å². The zero-order chi connectivity index (χ0) is 24.2. The van der Waals surface area contributed by atoms with Crippen molar-refractivity contribution in [3.63, 3.8) is 0 Å². The second-order valence-corrected chi connectivity index (χ2v) is 8.37. The first-order valence-corrected chi connectivity index (χ1v) is 10.6. The Hall–Kier alpha value is -2.81. The van der Waals surface area contributed by atoms with Gasteiger partial charge in [0.15, 0.2) is 0 Å². The van der Waals surface area contributed by atoms with Gasteiger partial charge in [0.2, 0.25) is 6.29 Å². The van der Waals surface area contributed by atoms with Gasteiger partial charge < -0.3 is 15.2 Å². The van der Waals surface area contributed by atoms with Gasteiger partial charge in [0.25, 0.3) is 5.91 Å². The first kappa shape index (κ1) is 24.8. The third-order valence-corrected chi connectivity index (χ3v) is 5.60. The number of halogens is 5. The zero-order valence-corrected chi connectivity index (χ0v) is 18.9. The van der Waals surface area contributed by atoms with Crippen molar-refractivity contribution in [2.24, 2.45) is 0 Å². The van der Waals surface area contributed by atoms with Crippen LogP contribution in [0.4, 0.5) is 18.9 Å². The molecular weight excluding hydrogens is 478 g/mol. The molecule has 0 bridgehead atoms. The third-order valence-electron chi connectivity index (χ3n) is 5.04. The molecule has 0 radical (unpaired) electrons. The van der Waals surface area contributed by atoms with E-state index in [1.807, 2.05) is 30.3 Å². The molecule has 1 aliphatic rings. The summed E-state index contributed by atoms with van der Waals surface area (Å²) in [6, 6.07) is 15.3. The molecule has 0 aliphatic carbocycles. The van der Waals surface area contributed by atoms with E-state index in [0.29, 0.717) is 15.7 Å². The van der Waals surface area contributed by atoms with Gasteiger partial charge in [-0.05, 0) is 60.1 Å². The Labute approximate surface area is 198 Å². The lowest BCUT2D eigenvalue weighted by Gasteiger charge is -2.33. The zero-order valence-electron chi connectivity index (χ0n) is 17.4. The summed E-state index contributed by atoms with van der Waals surface area (Å²) in [5, 5.41) is 4.27. The van der Waals surface area contributed by atoms with Crippen molar-refractivity contribution in [1.82, 2.24) is 9.88 Å². The summed E-state index contributed by atoms with van der Waals surface area (Å²) in [6.07, 6.45) is -3.97. The van der Waals surface area contributed by atoms with Gasteiger partial charge in [0.05, 0.1) is 0 Å². The molecule has 0 fully saturated rings. The molecular formula is C23H20Cl2F3N3O2. The number of H-pyrrole nitrogens is 1. The Kier molecular flexibility index (Phi) is 7.84. The summed E-state index contributed by atoms with van der Waals surface area (Å²) >= 11 is 12.7. The number of nitrogens with zero attached hydrogens (tertiary/aromatic N) is 1. The smallest absolute Gasteiger partial charge is 0.357 e. The number of benzene rings is 2. The largest absolute Gasteiger partial charge is 0.446 e. The predicted molar refractivity (Wildman–Crippen MR) is 122 cm³/mol. The summed E-state index contributed by atoms with van der Waals surface area (Å²) < 4.78 is 31.2. The van der Waals surface area contributed by atoms with Crippen LogP contribution in [0.15, 0.2) is 54.7 Å². The molecule has 1 aromatic heterocycles. The van der Waals surface area contributed by atoms with Gasteiger partial charge in [-0.3, -0.25) is 9.59 Å². The SMILES string of the molecule is CN1Cc2c(Cl)cc(Cl)cc2C(c2ccc(NC(=O)c3ccc[nH]3)cc2)C1.O=CC(F)(F)F. The highest BCUT2D eigenvalue weighted by atomic mass is 35.5. The standard InChI is InChI=1S/C21H19Cl2N3O.C2HF3O/c1-26-11-17(16-9-14(22)10-19(23)18(16)12-26)13-4-6-15(7-5-13)25-21(27)20-3-2-8-24-20;3-2(4,5)1-6/h2-10,17,24H,11-12H2,1H3,(H,25,27);1H. The van der Waals surface area contributed by atoms with Crippen LogP contribution < -0.4 is 5.32 Å². The van der Waals surface area contributed by atoms with Crippen LogP contribution in [0.2, 0.25) is 10.0 Å². The second kappa shape index (κ2) is 10.4. The number of likely N-dealkylation sites (N-methyl/N-ethyl adjacent to an activating group) is 1. The Morgan fingerprint density at radius 3 is 2.42 bits per heavy atom. The Morgan fingerprint density at radius 2 is 1.85 bits per heavy atom. The highest BCUT2D eigenvalue weighted by molar-refractivity contribution is 6.35. The van der Waals surface area contributed by atoms with Crippen LogP contribution in [-0.2, 0) is 11.3 Å². The Morgan fingerprint density at radius 1 is 1.18 bits per heavy atom. The number of amides is 1. The van der Waals surface area contributed by atoms with E-state index in [1.54, 1.807) is 24.4 Å². The number of alkyl halides is 3. The van der Waals surface area contributed by atoms with Gasteiger partial charge in [-0.25, -0.2) is 0 Å². The van der Waals surface area contributed by atoms with Gasteiger partial charge in [0, 0.05) is 40.9 Å². The van der Waals surface area contributed by atoms with Gasteiger partial charge >= 0.3 is 6.18 Å². The molecule has 2 heterocycles. The maximum Gasteiger partial charge on any atom is 0.446 e. The maximum atomic E-state index is 12.2. The quantitative estimate of drug-likeness (QED) is 0.442. The fourth-order valence-corrected chi connectivity index (χ4v) is 4.17. The van der Waals surface area contributed by atoms with E-state index in [2.05, 4.69) is 22.2 Å².